The Bertz CT molecular complexity index is 806. The van der Waals surface area contributed by atoms with Crippen molar-refractivity contribution in [3.8, 4) is 17.3 Å². The van der Waals surface area contributed by atoms with E-state index in [-0.39, 0.29) is 12.6 Å². The number of esters is 1. The Kier molecular flexibility index (Phi) is 7.70. The molecule has 0 aliphatic heterocycles. The molecule has 0 fully saturated rings. The topological polar surface area (TPSA) is 87.9 Å². The molecule has 0 aliphatic carbocycles. The van der Waals surface area contributed by atoms with Crippen LogP contribution in [0.15, 0.2) is 29.4 Å². The molecule has 0 spiro atoms. The molecule has 1 N–H and O–H groups in total. The first kappa shape index (κ1) is 20.0. The van der Waals surface area contributed by atoms with E-state index in [1.54, 1.807) is 12.1 Å². The summed E-state index contributed by atoms with van der Waals surface area (Å²) in [4.78, 5) is 20.2. The second-order valence-corrected chi connectivity index (χ2v) is 6.51. The summed E-state index contributed by atoms with van der Waals surface area (Å²) < 4.78 is 5.11. The predicted octanol–water partition coefficient (Wildman–Crippen LogP) is 4.15. The van der Waals surface area contributed by atoms with Gasteiger partial charge in [-0.25, -0.2) is 9.97 Å². The summed E-state index contributed by atoms with van der Waals surface area (Å²) in [5.74, 6) is 0.187. The van der Waals surface area contributed by atoms with E-state index in [1.165, 1.54) is 11.8 Å². The molecule has 26 heavy (non-hydrogen) atoms. The fraction of sp³-hybridized carbons (Fsp3) is 0.333. The van der Waals surface area contributed by atoms with Crippen LogP contribution >= 0.6 is 23.4 Å². The zero-order valence-electron chi connectivity index (χ0n) is 14.6. The number of nitriles is 1. The lowest BCUT2D eigenvalue weighted by atomic mass is 10.1. The number of nitrogens with one attached hydrogen (secondary N) is 1. The standard InChI is InChI=1S/C18H19ClN4O2S/c1-3-4-15(24)25-10-9-21-17-14(11-20)16(22-18(23-17)26-2)12-5-7-13(19)8-6-12/h5-8H,3-4,9-10H2,1-2H3,(H,21,22,23). The van der Waals surface area contributed by atoms with Crippen molar-refractivity contribution in [1.29, 1.82) is 5.26 Å². The van der Waals surface area contributed by atoms with Gasteiger partial charge in [-0.1, -0.05) is 42.4 Å². The van der Waals surface area contributed by atoms with E-state index in [0.29, 0.717) is 40.2 Å². The zero-order valence-corrected chi connectivity index (χ0v) is 16.2. The first-order chi connectivity index (χ1) is 12.6. The van der Waals surface area contributed by atoms with Gasteiger partial charge in [0.05, 0.1) is 12.2 Å². The Morgan fingerprint density at radius 1 is 1.35 bits per heavy atom. The van der Waals surface area contributed by atoms with Gasteiger partial charge in [0.15, 0.2) is 5.16 Å². The summed E-state index contributed by atoms with van der Waals surface area (Å²) in [5.41, 5.74) is 1.65. The van der Waals surface area contributed by atoms with Crippen molar-refractivity contribution in [3.05, 3.63) is 34.9 Å². The van der Waals surface area contributed by atoms with Crippen molar-refractivity contribution in [2.75, 3.05) is 24.7 Å². The fourth-order valence-electron chi connectivity index (χ4n) is 2.19. The molecular formula is C18H19ClN4O2S. The molecule has 0 saturated carbocycles. The number of aromatic nitrogens is 2. The van der Waals surface area contributed by atoms with Crippen molar-refractivity contribution in [1.82, 2.24) is 9.97 Å². The molecular weight excluding hydrogens is 372 g/mol. The van der Waals surface area contributed by atoms with Crippen LogP contribution in [0.25, 0.3) is 11.3 Å². The predicted molar refractivity (Wildman–Crippen MR) is 103 cm³/mol. The summed E-state index contributed by atoms with van der Waals surface area (Å²) in [6.45, 7) is 2.48. The molecule has 2 rings (SSSR count). The molecule has 1 aromatic heterocycles. The minimum Gasteiger partial charge on any atom is -0.464 e. The van der Waals surface area contributed by atoms with Crippen LogP contribution in [0.3, 0.4) is 0 Å². The highest BCUT2D eigenvalue weighted by molar-refractivity contribution is 7.98. The SMILES string of the molecule is CCCC(=O)OCCNc1nc(SC)nc(-c2ccc(Cl)cc2)c1C#N. The van der Waals surface area contributed by atoms with Gasteiger partial charge in [0.1, 0.15) is 24.1 Å². The minimum absolute atomic E-state index is 0.207. The van der Waals surface area contributed by atoms with Crippen LogP contribution in [-0.2, 0) is 9.53 Å². The number of ether oxygens (including phenoxy) is 1. The second kappa shape index (κ2) is 10.00. The average molecular weight is 391 g/mol. The van der Waals surface area contributed by atoms with Crippen molar-refractivity contribution in [2.45, 2.75) is 24.9 Å². The van der Waals surface area contributed by atoms with Crippen LogP contribution in [0, 0.1) is 11.3 Å². The molecule has 136 valence electrons. The van der Waals surface area contributed by atoms with Crippen LogP contribution < -0.4 is 5.32 Å². The van der Waals surface area contributed by atoms with E-state index in [2.05, 4.69) is 21.4 Å². The Morgan fingerprint density at radius 2 is 2.08 bits per heavy atom. The summed E-state index contributed by atoms with van der Waals surface area (Å²) in [6, 6.07) is 9.28. The lowest BCUT2D eigenvalue weighted by Gasteiger charge is -2.12. The average Bonchev–Trinajstić information content (AvgIpc) is 2.65. The number of benzene rings is 1. The number of nitrogens with zero attached hydrogens (tertiary/aromatic N) is 3. The largest absolute Gasteiger partial charge is 0.464 e. The summed E-state index contributed by atoms with van der Waals surface area (Å²) in [6.07, 6.45) is 3.01. The van der Waals surface area contributed by atoms with E-state index in [9.17, 15) is 10.1 Å². The van der Waals surface area contributed by atoms with Crippen LogP contribution in [0.1, 0.15) is 25.3 Å². The van der Waals surface area contributed by atoms with E-state index in [4.69, 9.17) is 16.3 Å². The maximum atomic E-state index is 11.4. The quantitative estimate of drug-likeness (QED) is 0.313. The molecule has 1 heterocycles. The molecule has 0 bridgehead atoms. The third-order valence-electron chi connectivity index (χ3n) is 3.41. The molecule has 0 aliphatic rings. The maximum Gasteiger partial charge on any atom is 0.305 e. The molecule has 0 amide bonds. The lowest BCUT2D eigenvalue weighted by molar-refractivity contribution is -0.143. The van der Waals surface area contributed by atoms with E-state index in [0.717, 1.165) is 12.0 Å². The smallest absolute Gasteiger partial charge is 0.305 e. The van der Waals surface area contributed by atoms with Gasteiger partial charge in [0, 0.05) is 17.0 Å². The van der Waals surface area contributed by atoms with Gasteiger partial charge in [-0.15, -0.1) is 0 Å². The Hall–Kier alpha value is -2.30. The number of hydrogen-bond acceptors (Lipinski definition) is 7. The Labute approximate surface area is 161 Å². The first-order valence-electron chi connectivity index (χ1n) is 8.10. The highest BCUT2D eigenvalue weighted by atomic mass is 35.5. The molecule has 6 nitrogen and oxygen atoms in total. The third-order valence-corrected chi connectivity index (χ3v) is 4.21. The van der Waals surface area contributed by atoms with Crippen molar-refractivity contribution in [3.63, 3.8) is 0 Å². The fourth-order valence-corrected chi connectivity index (χ4v) is 2.68. The highest BCUT2D eigenvalue weighted by Gasteiger charge is 2.16. The molecule has 0 atom stereocenters. The van der Waals surface area contributed by atoms with Gasteiger partial charge >= 0.3 is 5.97 Å². The molecule has 0 unspecified atom stereocenters. The Balaban J connectivity index is 2.23. The summed E-state index contributed by atoms with van der Waals surface area (Å²) in [7, 11) is 0. The zero-order chi connectivity index (χ0) is 18.9. The first-order valence-corrected chi connectivity index (χ1v) is 9.70. The van der Waals surface area contributed by atoms with Crippen molar-refractivity contribution >= 4 is 35.1 Å². The molecule has 2 aromatic rings. The lowest BCUT2D eigenvalue weighted by Crippen LogP contribution is -2.15. The monoisotopic (exact) mass is 390 g/mol. The van der Waals surface area contributed by atoms with Gasteiger partial charge in [0.25, 0.3) is 0 Å². The van der Waals surface area contributed by atoms with E-state index < -0.39 is 0 Å². The minimum atomic E-state index is -0.232. The molecule has 0 saturated heterocycles. The van der Waals surface area contributed by atoms with Gasteiger partial charge in [0.2, 0.25) is 0 Å². The number of carbonyl (C=O) groups excluding carboxylic acids is 1. The highest BCUT2D eigenvalue weighted by Crippen LogP contribution is 2.29. The van der Waals surface area contributed by atoms with Gasteiger partial charge in [-0.2, -0.15) is 5.26 Å². The summed E-state index contributed by atoms with van der Waals surface area (Å²) in [5, 5.41) is 13.8. The van der Waals surface area contributed by atoms with Crippen LogP contribution in [-0.4, -0.2) is 35.3 Å². The number of anilines is 1. The second-order valence-electron chi connectivity index (χ2n) is 5.30. The number of thioether (sulfide) groups is 1. The van der Waals surface area contributed by atoms with Gasteiger partial charge in [-0.3, -0.25) is 4.79 Å². The number of halogens is 1. The Morgan fingerprint density at radius 3 is 2.69 bits per heavy atom. The number of carbonyl (C=O) groups is 1. The molecule has 8 heteroatoms. The molecule has 0 radical (unpaired) electrons. The van der Waals surface area contributed by atoms with Crippen molar-refractivity contribution < 1.29 is 9.53 Å². The van der Waals surface area contributed by atoms with E-state index >= 15 is 0 Å². The van der Waals surface area contributed by atoms with Crippen molar-refractivity contribution in [2.24, 2.45) is 0 Å². The van der Waals surface area contributed by atoms with E-state index in [1.807, 2.05) is 25.3 Å². The van der Waals surface area contributed by atoms with Gasteiger partial charge < -0.3 is 10.1 Å². The number of rotatable bonds is 8. The maximum absolute atomic E-state index is 11.4. The van der Waals surface area contributed by atoms with Crippen LogP contribution in [0.4, 0.5) is 5.82 Å². The molecule has 1 aromatic carbocycles. The number of hydrogen-bond donors (Lipinski definition) is 1. The van der Waals surface area contributed by atoms with Crippen LogP contribution in [0.2, 0.25) is 5.02 Å². The van der Waals surface area contributed by atoms with Gasteiger partial charge in [-0.05, 0) is 24.8 Å². The summed E-state index contributed by atoms with van der Waals surface area (Å²) >= 11 is 7.32. The van der Waals surface area contributed by atoms with Crippen LogP contribution in [0.5, 0.6) is 0 Å². The third kappa shape index (κ3) is 5.35. The normalized spacial score (nSPS) is 10.2.